The van der Waals surface area contributed by atoms with Crippen molar-refractivity contribution >= 4 is 21.4 Å². The molecule has 4 bridgehead atoms. The van der Waals surface area contributed by atoms with Gasteiger partial charge >= 0.3 is 0 Å². The second-order valence-corrected chi connectivity index (χ2v) is 11.1. The second kappa shape index (κ2) is 10.6. The molecular formula is C25H28F2N4O3S. The number of pyridine rings is 2. The highest BCUT2D eigenvalue weighted by molar-refractivity contribution is 7.92. The van der Waals surface area contributed by atoms with Gasteiger partial charge in [-0.25, -0.2) is 22.3 Å². The van der Waals surface area contributed by atoms with Crippen molar-refractivity contribution in [1.82, 2.24) is 9.97 Å². The smallest absolute Gasteiger partial charge is 0.215 e. The Balaban J connectivity index is 1.79. The highest BCUT2D eigenvalue weighted by Gasteiger charge is 2.16. The third-order valence-electron chi connectivity index (χ3n) is 5.61. The van der Waals surface area contributed by atoms with Gasteiger partial charge in [0.05, 0.1) is 24.7 Å². The molecule has 35 heavy (non-hydrogen) atoms. The van der Waals surface area contributed by atoms with Crippen LogP contribution in [-0.4, -0.2) is 40.2 Å². The average molecular weight is 503 g/mol. The lowest BCUT2D eigenvalue weighted by molar-refractivity contribution is 0.194. The number of benzene rings is 1. The molecule has 0 unspecified atom stereocenters. The number of nitrogens with zero attached hydrogens (tertiary/aromatic N) is 3. The number of ether oxygens (including phenoxy) is 2. The minimum atomic E-state index is -2.42. The van der Waals surface area contributed by atoms with Crippen LogP contribution in [0.15, 0.2) is 47.0 Å². The molecule has 0 saturated carbocycles. The van der Waals surface area contributed by atoms with Crippen molar-refractivity contribution in [3.05, 3.63) is 59.8 Å². The molecule has 0 saturated heterocycles. The quantitative estimate of drug-likeness (QED) is 0.482. The third-order valence-corrected chi connectivity index (χ3v) is 7.25. The maximum Gasteiger partial charge on any atom is 0.215 e. The molecule has 1 N–H and O–H groups in total. The molecule has 0 amide bonds. The van der Waals surface area contributed by atoms with E-state index in [1.165, 1.54) is 31.3 Å². The fourth-order valence-corrected chi connectivity index (χ4v) is 4.72. The van der Waals surface area contributed by atoms with E-state index >= 15 is 0 Å². The van der Waals surface area contributed by atoms with Gasteiger partial charge in [-0.3, -0.25) is 0 Å². The molecule has 1 aliphatic heterocycles. The van der Waals surface area contributed by atoms with Crippen molar-refractivity contribution in [3.8, 4) is 22.8 Å². The third kappa shape index (κ3) is 6.45. The van der Waals surface area contributed by atoms with E-state index in [-0.39, 0.29) is 23.2 Å². The van der Waals surface area contributed by atoms with Crippen LogP contribution in [0.5, 0.6) is 11.6 Å². The molecule has 0 aliphatic carbocycles. The fourth-order valence-electron chi connectivity index (χ4n) is 3.80. The Labute approximate surface area is 204 Å². The molecule has 3 aromatic rings. The zero-order valence-corrected chi connectivity index (χ0v) is 20.7. The maximum atomic E-state index is 14.8. The Morgan fingerprint density at radius 3 is 2.77 bits per heavy atom. The standard InChI is InChI=1S/C25H28F2N4O3S/c1-16-6-4-5-9-33-22-12-18(26)7-8-19(22)20-13-23(29-14-21(20)27)30-24-10-17(11-25(31-24)34-16)15-35(3,32)28-2/h7-8,10-14,16H,4-6,9,15H2,1-3H3,(H,29,30,31)/t16-,35+/m1/s1. The van der Waals surface area contributed by atoms with Gasteiger partial charge in [0.15, 0.2) is 0 Å². The van der Waals surface area contributed by atoms with Crippen molar-refractivity contribution in [2.75, 3.05) is 25.2 Å². The zero-order valence-electron chi connectivity index (χ0n) is 19.9. The van der Waals surface area contributed by atoms with Gasteiger partial charge in [0.1, 0.15) is 29.0 Å². The molecule has 2 aromatic heterocycles. The minimum absolute atomic E-state index is 0.124. The van der Waals surface area contributed by atoms with E-state index in [1.54, 1.807) is 18.4 Å². The summed E-state index contributed by atoms with van der Waals surface area (Å²) in [5.74, 6) is 0.574. The van der Waals surface area contributed by atoms with Crippen LogP contribution in [0.4, 0.5) is 20.4 Å². The predicted molar refractivity (Wildman–Crippen MR) is 133 cm³/mol. The zero-order chi connectivity index (χ0) is 25.0. The van der Waals surface area contributed by atoms with Crippen LogP contribution in [-0.2, 0) is 15.5 Å². The summed E-state index contributed by atoms with van der Waals surface area (Å²) >= 11 is 0. The SMILES string of the molecule is CN=[S@@](C)(=O)Cc1cc2nc(c1)O[C@H](C)CCCCOc1cc(F)ccc1-c1cc(ncc1F)N2. The molecule has 0 spiro atoms. The van der Waals surface area contributed by atoms with Gasteiger partial charge < -0.3 is 14.8 Å². The molecule has 7 nitrogen and oxygen atoms in total. The van der Waals surface area contributed by atoms with Gasteiger partial charge in [0.2, 0.25) is 5.88 Å². The van der Waals surface area contributed by atoms with E-state index in [9.17, 15) is 13.0 Å². The van der Waals surface area contributed by atoms with Crippen LogP contribution < -0.4 is 14.8 Å². The summed E-state index contributed by atoms with van der Waals surface area (Å²) in [6.07, 6.45) is 4.83. The summed E-state index contributed by atoms with van der Waals surface area (Å²) in [5.41, 5.74) is 1.38. The largest absolute Gasteiger partial charge is 0.493 e. The highest BCUT2D eigenvalue weighted by Crippen LogP contribution is 2.34. The number of halogens is 2. The minimum Gasteiger partial charge on any atom is -0.493 e. The average Bonchev–Trinajstić information content (AvgIpc) is 2.79. The Bertz CT molecular complexity index is 1340. The number of fused-ring (bicyclic) bond motifs is 6. The predicted octanol–water partition coefficient (Wildman–Crippen LogP) is 5.72. The normalized spacial score (nSPS) is 17.7. The summed E-state index contributed by atoms with van der Waals surface area (Å²) < 4.78 is 57.3. The first kappa shape index (κ1) is 24.8. The van der Waals surface area contributed by atoms with Crippen molar-refractivity contribution in [3.63, 3.8) is 0 Å². The second-order valence-electron chi connectivity index (χ2n) is 8.57. The summed E-state index contributed by atoms with van der Waals surface area (Å²) in [6, 6.07) is 9.04. The Morgan fingerprint density at radius 2 is 1.97 bits per heavy atom. The molecule has 3 heterocycles. The van der Waals surface area contributed by atoms with Gasteiger partial charge in [-0.2, -0.15) is 4.98 Å². The summed E-state index contributed by atoms with van der Waals surface area (Å²) in [6.45, 7) is 2.30. The molecule has 1 aromatic carbocycles. The van der Waals surface area contributed by atoms with Gasteiger partial charge in [0, 0.05) is 46.3 Å². The molecular weight excluding hydrogens is 474 g/mol. The first-order valence-electron chi connectivity index (χ1n) is 11.3. The van der Waals surface area contributed by atoms with Crippen LogP contribution in [0, 0.1) is 11.6 Å². The maximum absolute atomic E-state index is 14.8. The number of anilines is 2. The van der Waals surface area contributed by atoms with Crippen molar-refractivity contribution in [2.45, 2.75) is 38.0 Å². The Kier molecular flexibility index (Phi) is 7.49. The number of aromatic nitrogens is 2. The highest BCUT2D eigenvalue weighted by atomic mass is 32.2. The fraction of sp³-hybridized carbons (Fsp3) is 0.360. The van der Waals surface area contributed by atoms with E-state index in [0.717, 1.165) is 24.6 Å². The van der Waals surface area contributed by atoms with Crippen LogP contribution in [0.3, 0.4) is 0 Å². The van der Waals surface area contributed by atoms with Crippen LogP contribution in [0.2, 0.25) is 0 Å². The first-order valence-corrected chi connectivity index (χ1v) is 13.4. The molecule has 186 valence electrons. The van der Waals surface area contributed by atoms with Gasteiger partial charge in [0.25, 0.3) is 0 Å². The summed E-state index contributed by atoms with van der Waals surface area (Å²) in [7, 11) is -0.885. The van der Waals surface area contributed by atoms with Gasteiger partial charge in [-0.05, 0) is 56.0 Å². The summed E-state index contributed by atoms with van der Waals surface area (Å²) in [5, 5.41) is 3.09. The lowest BCUT2D eigenvalue weighted by Gasteiger charge is -2.18. The number of rotatable bonds is 2. The molecule has 1 aliphatic rings. The molecule has 10 heteroatoms. The van der Waals surface area contributed by atoms with Crippen LogP contribution in [0.25, 0.3) is 11.1 Å². The van der Waals surface area contributed by atoms with Crippen molar-refractivity contribution < 1.29 is 22.5 Å². The number of hydrogen-bond donors (Lipinski definition) is 1. The number of hydrogen-bond acceptors (Lipinski definition) is 7. The Hall–Kier alpha value is -3.27. The van der Waals surface area contributed by atoms with E-state index in [1.807, 2.05) is 6.92 Å². The lowest BCUT2D eigenvalue weighted by Crippen LogP contribution is -2.14. The van der Waals surface area contributed by atoms with E-state index in [0.29, 0.717) is 36.1 Å². The number of nitrogens with one attached hydrogen (secondary N) is 1. The van der Waals surface area contributed by atoms with E-state index < -0.39 is 21.4 Å². The molecule has 0 radical (unpaired) electrons. The Morgan fingerprint density at radius 1 is 1.14 bits per heavy atom. The van der Waals surface area contributed by atoms with E-state index in [2.05, 4.69) is 19.6 Å². The van der Waals surface area contributed by atoms with Gasteiger partial charge in [-0.1, -0.05) is 0 Å². The van der Waals surface area contributed by atoms with Crippen LogP contribution in [0.1, 0.15) is 31.7 Å². The van der Waals surface area contributed by atoms with Crippen LogP contribution >= 0.6 is 0 Å². The molecule has 2 atom stereocenters. The molecule has 4 rings (SSSR count). The van der Waals surface area contributed by atoms with Gasteiger partial charge in [-0.15, -0.1) is 0 Å². The van der Waals surface area contributed by atoms with Crippen molar-refractivity contribution in [1.29, 1.82) is 0 Å². The molecule has 0 fully saturated rings. The monoisotopic (exact) mass is 502 g/mol. The topological polar surface area (TPSA) is 85.7 Å². The van der Waals surface area contributed by atoms with E-state index in [4.69, 9.17) is 9.47 Å². The lowest BCUT2D eigenvalue weighted by atomic mass is 10.0. The summed E-state index contributed by atoms with van der Waals surface area (Å²) in [4.78, 5) is 8.67. The van der Waals surface area contributed by atoms with Crippen molar-refractivity contribution in [2.24, 2.45) is 4.36 Å². The first-order chi connectivity index (χ1) is 16.7.